The van der Waals surface area contributed by atoms with Gasteiger partial charge in [-0.15, -0.1) is 11.3 Å². The molecule has 0 unspecified atom stereocenters. The molecule has 158 valence electrons. The van der Waals surface area contributed by atoms with E-state index in [0.717, 1.165) is 10.4 Å². The molecule has 1 aromatic heterocycles. The summed E-state index contributed by atoms with van der Waals surface area (Å²) in [4.78, 5) is 31.6. The maximum atomic E-state index is 13.3. The van der Waals surface area contributed by atoms with E-state index in [-0.39, 0.29) is 30.1 Å². The van der Waals surface area contributed by atoms with E-state index >= 15 is 0 Å². The molecule has 4 nitrogen and oxygen atoms in total. The lowest BCUT2D eigenvalue weighted by Crippen LogP contribution is -2.52. The van der Waals surface area contributed by atoms with Crippen molar-refractivity contribution in [2.75, 3.05) is 6.54 Å². The fraction of sp³-hybridized carbons (Fsp3) is 0.478. The lowest BCUT2D eigenvalue weighted by Gasteiger charge is -2.38. The van der Waals surface area contributed by atoms with Crippen LogP contribution in [0.1, 0.15) is 49.9 Å². The summed E-state index contributed by atoms with van der Waals surface area (Å²) in [5.41, 5.74) is 0.392. The molecular formula is C23H31FN2O2S. The van der Waals surface area contributed by atoms with Crippen molar-refractivity contribution in [3.63, 3.8) is 0 Å². The zero-order chi connectivity index (χ0) is 21.8. The van der Waals surface area contributed by atoms with Crippen LogP contribution >= 0.6 is 11.3 Å². The normalized spacial score (nSPS) is 11.6. The number of thiophene rings is 1. The van der Waals surface area contributed by atoms with Gasteiger partial charge in [-0.05, 0) is 57.5 Å². The Kier molecular flexibility index (Phi) is 7.58. The minimum absolute atomic E-state index is 0.0199. The number of carbonyl (C=O) groups is 2. The van der Waals surface area contributed by atoms with Gasteiger partial charge in [0.2, 0.25) is 11.8 Å². The standard InChI is InChI=1S/C23H31FN2O2S/c1-16(2)22(28)26(23(4,5)6)15-21(27)25(14-20-12-7-17(3)29-20)13-18-8-10-19(24)11-9-18/h7-12,16H,13-15H2,1-6H3. The molecule has 0 fully saturated rings. The summed E-state index contributed by atoms with van der Waals surface area (Å²) in [5, 5.41) is 0. The lowest BCUT2D eigenvalue weighted by molar-refractivity contribution is -0.147. The molecule has 2 rings (SSSR count). The Hall–Kier alpha value is -2.21. The van der Waals surface area contributed by atoms with Crippen molar-refractivity contribution in [3.8, 4) is 0 Å². The Bertz CT molecular complexity index is 837. The van der Waals surface area contributed by atoms with Gasteiger partial charge in [-0.2, -0.15) is 0 Å². The van der Waals surface area contributed by atoms with Crippen LogP contribution in [0.25, 0.3) is 0 Å². The van der Waals surface area contributed by atoms with E-state index in [4.69, 9.17) is 0 Å². The van der Waals surface area contributed by atoms with Crippen LogP contribution in [0.5, 0.6) is 0 Å². The summed E-state index contributed by atoms with van der Waals surface area (Å²) in [6.07, 6.45) is 0. The van der Waals surface area contributed by atoms with Gasteiger partial charge in [-0.3, -0.25) is 9.59 Å². The first-order valence-corrected chi connectivity index (χ1v) is 10.7. The van der Waals surface area contributed by atoms with Crippen LogP contribution < -0.4 is 0 Å². The average Bonchev–Trinajstić information content (AvgIpc) is 3.04. The van der Waals surface area contributed by atoms with E-state index < -0.39 is 5.54 Å². The summed E-state index contributed by atoms with van der Waals surface area (Å²) in [7, 11) is 0. The van der Waals surface area contributed by atoms with Crippen molar-refractivity contribution in [2.45, 2.75) is 60.2 Å². The third-order valence-electron chi connectivity index (χ3n) is 4.65. The second-order valence-corrected chi connectivity index (χ2v) is 10.0. The van der Waals surface area contributed by atoms with Crippen molar-refractivity contribution in [2.24, 2.45) is 5.92 Å². The number of halogens is 1. The first kappa shape index (κ1) is 23.1. The predicted molar refractivity (Wildman–Crippen MR) is 116 cm³/mol. The second-order valence-electron chi connectivity index (χ2n) is 8.64. The maximum absolute atomic E-state index is 13.3. The molecule has 0 aliphatic rings. The van der Waals surface area contributed by atoms with Gasteiger partial charge >= 0.3 is 0 Å². The topological polar surface area (TPSA) is 40.6 Å². The third kappa shape index (κ3) is 6.67. The molecule has 2 amide bonds. The molecule has 2 aromatic rings. The largest absolute Gasteiger partial charge is 0.332 e. The fourth-order valence-electron chi connectivity index (χ4n) is 2.99. The molecule has 0 spiro atoms. The van der Waals surface area contributed by atoms with Gasteiger partial charge in [0.25, 0.3) is 0 Å². The van der Waals surface area contributed by atoms with Crippen LogP contribution in [-0.4, -0.2) is 33.7 Å². The molecule has 0 atom stereocenters. The number of benzene rings is 1. The maximum Gasteiger partial charge on any atom is 0.242 e. The van der Waals surface area contributed by atoms with Gasteiger partial charge in [0.05, 0.1) is 6.54 Å². The van der Waals surface area contributed by atoms with E-state index in [1.807, 2.05) is 53.7 Å². The highest BCUT2D eigenvalue weighted by molar-refractivity contribution is 7.11. The van der Waals surface area contributed by atoms with Crippen molar-refractivity contribution in [1.29, 1.82) is 0 Å². The first-order valence-electron chi connectivity index (χ1n) is 9.86. The van der Waals surface area contributed by atoms with Crippen LogP contribution in [0.3, 0.4) is 0 Å². The smallest absolute Gasteiger partial charge is 0.242 e. The molecular weight excluding hydrogens is 387 g/mol. The Morgan fingerprint density at radius 1 is 1.03 bits per heavy atom. The van der Waals surface area contributed by atoms with Gasteiger partial charge in [0.15, 0.2) is 0 Å². The highest BCUT2D eigenvalue weighted by Gasteiger charge is 2.31. The molecule has 0 bridgehead atoms. The Morgan fingerprint density at radius 2 is 1.66 bits per heavy atom. The predicted octanol–water partition coefficient (Wildman–Crippen LogP) is 5.01. The van der Waals surface area contributed by atoms with Crippen molar-refractivity contribution in [3.05, 3.63) is 57.5 Å². The molecule has 29 heavy (non-hydrogen) atoms. The van der Waals surface area contributed by atoms with Crippen LogP contribution in [0, 0.1) is 18.7 Å². The number of hydrogen-bond donors (Lipinski definition) is 0. The Morgan fingerprint density at radius 3 is 2.14 bits per heavy atom. The zero-order valence-corrected chi connectivity index (χ0v) is 19.0. The summed E-state index contributed by atoms with van der Waals surface area (Å²) in [6.45, 7) is 12.4. The number of nitrogens with zero attached hydrogens (tertiary/aromatic N) is 2. The monoisotopic (exact) mass is 418 g/mol. The van der Waals surface area contributed by atoms with Crippen molar-refractivity contribution in [1.82, 2.24) is 9.80 Å². The summed E-state index contributed by atoms with van der Waals surface area (Å²) >= 11 is 1.65. The van der Waals surface area contributed by atoms with Crippen molar-refractivity contribution >= 4 is 23.2 Å². The van der Waals surface area contributed by atoms with Crippen LogP contribution in [0.2, 0.25) is 0 Å². The number of amides is 2. The van der Waals surface area contributed by atoms with Crippen molar-refractivity contribution < 1.29 is 14.0 Å². The molecule has 1 heterocycles. The lowest BCUT2D eigenvalue weighted by atomic mass is 10.0. The molecule has 0 saturated carbocycles. The molecule has 0 aliphatic carbocycles. The summed E-state index contributed by atoms with van der Waals surface area (Å²) in [6, 6.07) is 10.2. The first-order chi connectivity index (χ1) is 13.5. The van der Waals surface area contributed by atoms with Gasteiger partial charge in [-0.25, -0.2) is 4.39 Å². The summed E-state index contributed by atoms with van der Waals surface area (Å²) < 4.78 is 13.3. The van der Waals surface area contributed by atoms with Crippen LogP contribution in [0.15, 0.2) is 36.4 Å². The number of carbonyl (C=O) groups excluding carboxylic acids is 2. The van der Waals surface area contributed by atoms with E-state index in [1.165, 1.54) is 17.0 Å². The highest BCUT2D eigenvalue weighted by Crippen LogP contribution is 2.21. The number of rotatable bonds is 7. The third-order valence-corrected chi connectivity index (χ3v) is 5.63. The molecule has 6 heteroatoms. The molecule has 0 N–H and O–H groups in total. The zero-order valence-electron chi connectivity index (χ0n) is 18.2. The number of hydrogen-bond acceptors (Lipinski definition) is 3. The number of aryl methyl sites for hydroxylation is 1. The Balaban J connectivity index is 2.26. The SMILES string of the molecule is Cc1ccc(CN(Cc2ccc(F)cc2)C(=O)CN(C(=O)C(C)C)C(C)(C)C)s1. The van der Waals surface area contributed by atoms with E-state index in [0.29, 0.717) is 13.1 Å². The van der Waals surface area contributed by atoms with Gasteiger partial charge < -0.3 is 9.80 Å². The van der Waals surface area contributed by atoms with E-state index in [1.54, 1.807) is 33.3 Å². The quantitative estimate of drug-likeness (QED) is 0.634. The van der Waals surface area contributed by atoms with Crippen LogP contribution in [-0.2, 0) is 22.7 Å². The van der Waals surface area contributed by atoms with E-state index in [9.17, 15) is 14.0 Å². The minimum atomic E-state index is -0.460. The average molecular weight is 419 g/mol. The fourth-order valence-corrected chi connectivity index (χ4v) is 3.90. The molecule has 1 aromatic carbocycles. The molecule has 0 aliphatic heterocycles. The van der Waals surface area contributed by atoms with Gasteiger partial charge in [-0.1, -0.05) is 26.0 Å². The summed E-state index contributed by atoms with van der Waals surface area (Å²) in [5.74, 6) is -0.654. The Labute approximate surface area is 177 Å². The highest BCUT2D eigenvalue weighted by atomic mass is 32.1. The second kappa shape index (κ2) is 9.53. The van der Waals surface area contributed by atoms with Gasteiger partial charge in [0, 0.05) is 27.8 Å². The molecule has 0 saturated heterocycles. The van der Waals surface area contributed by atoms with Crippen LogP contribution in [0.4, 0.5) is 4.39 Å². The molecule has 0 radical (unpaired) electrons. The van der Waals surface area contributed by atoms with E-state index in [2.05, 4.69) is 0 Å². The minimum Gasteiger partial charge on any atom is -0.332 e. The van der Waals surface area contributed by atoms with Gasteiger partial charge in [0.1, 0.15) is 12.4 Å².